The molecule has 1 nitrogen and oxygen atoms in total. The van der Waals surface area contributed by atoms with Gasteiger partial charge in [-0.1, -0.05) is 6.92 Å². The van der Waals surface area contributed by atoms with Crippen LogP contribution in [-0.4, -0.2) is 12.7 Å². The third-order valence-electron chi connectivity index (χ3n) is 2.39. The molecule has 16 heavy (non-hydrogen) atoms. The zero-order valence-corrected chi connectivity index (χ0v) is 10.2. The number of aryl methyl sites for hydroxylation is 1. The summed E-state index contributed by atoms with van der Waals surface area (Å²) in [6.07, 6.45) is -4.69. The Kier molecular flexibility index (Phi) is 4.80. The summed E-state index contributed by atoms with van der Waals surface area (Å²) in [7, 11) is 0. The fourth-order valence-corrected chi connectivity index (χ4v) is 2.66. The first-order chi connectivity index (χ1) is 7.44. The molecule has 1 aromatic rings. The highest BCUT2D eigenvalue weighted by Crippen LogP contribution is 2.31. The van der Waals surface area contributed by atoms with Crippen LogP contribution in [0.2, 0.25) is 0 Å². The number of halogens is 3. The lowest BCUT2D eigenvalue weighted by Crippen LogP contribution is -2.22. The summed E-state index contributed by atoms with van der Waals surface area (Å²) in [6, 6.07) is 1.77. The first-order valence-electron chi connectivity index (χ1n) is 5.28. The van der Waals surface area contributed by atoms with Crippen molar-refractivity contribution in [2.75, 3.05) is 6.54 Å². The van der Waals surface area contributed by atoms with Gasteiger partial charge in [-0.05, 0) is 36.9 Å². The first-order valence-corrected chi connectivity index (χ1v) is 6.16. The minimum Gasteiger partial charge on any atom is -0.310 e. The molecule has 1 heterocycles. The van der Waals surface area contributed by atoms with Crippen molar-refractivity contribution < 1.29 is 13.2 Å². The number of hydrogen-bond acceptors (Lipinski definition) is 2. The predicted octanol–water partition coefficient (Wildman–Crippen LogP) is 4.05. The summed E-state index contributed by atoms with van der Waals surface area (Å²) in [6.45, 7) is 4.52. The SMILES string of the molecule is CCNC(CCC(F)(F)F)c1sccc1C. The molecule has 92 valence electrons. The van der Waals surface area contributed by atoms with Crippen LogP contribution in [0.3, 0.4) is 0 Å². The Morgan fingerprint density at radius 3 is 2.56 bits per heavy atom. The molecule has 1 N–H and O–H groups in total. The molecule has 1 unspecified atom stereocenters. The summed E-state index contributed by atoms with van der Waals surface area (Å²) < 4.78 is 36.5. The Hall–Kier alpha value is -0.550. The number of hydrogen-bond donors (Lipinski definition) is 1. The van der Waals surface area contributed by atoms with Gasteiger partial charge in [0, 0.05) is 17.3 Å². The number of nitrogens with one attached hydrogen (secondary N) is 1. The first kappa shape index (κ1) is 13.5. The molecule has 1 rings (SSSR count). The van der Waals surface area contributed by atoms with Crippen molar-refractivity contribution in [2.24, 2.45) is 0 Å². The van der Waals surface area contributed by atoms with Gasteiger partial charge in [-0.15, -0.1) is 11.3 Å². The fourth-order valence-electron chi connectivity index (χ4n) is 1.62. The molecule has 0 saturated carbocycles. The molecular weight excluding hydrogens is 235 g/mol. The Labute approximate surface area is 97.7 Å². The van der Waals surface area contributed by atoms with E-state index in [4.69, 9.17) is 0 Å². The van der Waals surface area contributed by atoms with Crippen molar-refractivity contribution in [3.63, 3.8) is 0 Å². The van der Waals surface area contributed by atoms with Gasteiger partial charge in [-0.25, -0.2) is 0 Å². The van der Waals surface area contributed by atoms with Gasteiger partial charge < -0.3 is 5.32 Å². The summed E-state index contributed by atoms with van der Waals surface area (Å²) in [5, 5.41) is 5.03. The van der Waals surface area contributed by atoms with E-state index in [0.717, 1.165) is 10.4 Å². The Morgan fingerprint density at radius 1 is 1.44 bits per heavy atom. The Balaban J connectivity index is 2.65. The molecule has 5 heteroatoms. The van der Waals surface area contributed by atoms with Gasteiger partial charge in [0.05, 0.1) is 0 Å². The average molecular weight is 251 g/mol. The van der Waals surface area contributed by atoms with E-state index in [-0.39, 0.29) is 12.5 Å². The smallest absolute Gasteiger partial charge is 0.310 e. The lowest BCUT2D eigenvalue weighted by atomic mass is 10.1. The predicted molar refractivity (Wildman–Crippen MR) is 60.8 cm³/mol. The molecular formula is C11H16F3NS. The van der Waals surface area contributed by atoms with E-state index in [0.29, 0.717) is 6.54 Å². The third-order valence-corrected chi connectivity index (χ3v) is 3.52. The van der Waals surface area contributed by atoms with Crippen molar-refractivity contribution in [1.29, 1.82) is 0 Å². The number of alkyl halides is 3. The van der Waals surface area contributed by atoms with Crippen LogP contribution in [0.1, 0.15) is 36.2 Å². The molecule has 1 aromatic heterocycles. The molecule has 0 bridgehead atoms. The van der Waals surface area contributed by atoms with E-state index >= 15 is 0 Å². The summed E-state index contributed by atoms with van der Waals surface area (Å²) in [5.74, 6) is 0. The van der Waals surface area contributed by atoms with Crippen LogP contribution in [0.4, 0.5) is 13.2 Å². The Morgan fingerprint density at radius 2 is 2.12 bits per heavy atom. The largest absolute Gasteiger partial charge is 0.389 e. The summed E-state index contributed by atoms with van der Waals surface area (Å²) in [4.78, 5) is 1.02. The van der Waals surface area contributed by atoms with E-state index in [1.54, 1.807) is 0 Å². The van der Waals surface area contributed by atoms with Crippen LogP contribution < -0.4 is 5.32 Å². The van der Waals surface area contributed by atoms with E-state index in [1.165, 1.54) is 11.3 Å². The maximum Gasteiger partial charge on any atom is 0.389 e. The van der Waals surface area contributed by atoms with Gasteiger partial charge in [0.2, 0.25) is 0 Å². The van der Waals surface area contributed by atoms with Gasteiger partial charge in [0.1, 0.15) is 0 Å². The second kappa shape index (κ2) is 5.68. The lowest BCUT2D eigenvalue weighted by molar-refractivity contribution is -0.136. The summed E-state index contributed by atoms with van der Waals surface area (Å²) >= 11 is 1.52. The molecule has 0 aliphatic heterocycles. The monoisotopic (exact) mass is 251 g/mol. The minimum absolute atomic E-state index is 0.110. The van der Waals surface area contributed by atoms with Crippen molar-refractivity contribution in [3.05, 3.63) is 21.9 Å². The van der Waals surface area contributed by atoms with Crippen LogP contribution in [0.5, 0.6) is 0 Å². The number of rotatable bonds is 5. The second-order valence-electron chi connectivity index (χ2n) is 3.73. The minimum atomic E-state index is -4.07. The maximum absolute atomic E-state index is 12.2. The van der Waals surface area contributed by atoms with Crippen molar-refractivity contribution in [2.45, 2.75) is 38.9 Å². The molecule has 0 radical (unpaired) electrons. The normalized spacial score (nSPS) is 14.1. The van der Waals surface area contributed by atoms with Crippen LogP contribution in [0, 0.1) is 6.92 Å². The lowest BCUT2D eigenvalue weighted by Gasteiger charge is -2.18. The molecule has 1 atom stereocenters. The Bertz CT molecular complexity index is 319. The van der Waals surface area contributed by atoms with Crippen molar-refractivity contribution >= 4 is 11.3 Å². The van der Waals surface area contributed by atoms with Gasteiger partial charge in [-0.2, -0.15) is 13.2 Å². The average Bonchev–Trinajstić information content (AvgIpc) is 2.57. The van der Waals surface area contributed by atoms with E-state index in [1.807, 2.05) is 25.3 Å². The van der Waals surface area contributed by atoms with Gasteiger partial charge in [-0.3, -0.25) is 0 Å². The standard InChI is InChI=1S/C11H16F3NS/c1-3-15-9(4-6-11(12,13)14)10-8(2)5-7-16-10/h5,7,9,15H,3-4,6H2,1-2H3. The molecule has 0 aliphatic rings. The van der Waals surface area contributed by atoms with E-state index in [9.17, 15) is 13.2 Å². The van der Waals surface area contributed by atoms with E-state index in [2.05, 4.69) is 5.32 Å². The molecule has 0 amide bonds. The van der Waals surface area contributed by atoms with Gasteiger partial charge in [0.25, 0.3) is 0 Å². The van der Waals surface area contributed by atoms with E-state index < -0.39 is 12.6 Å². The maximum atomic E-state index is 12.2. The highest BCUT2D eigenvalue weighted by Gasteiger charge is 2.29. The topological polar surface area (TPSA) is 12.0 Å². The van der Waals surface area contributed by atoms with Crippen LogP contribution in [-0.2, 0) is 0 Å². The zero-order chi connectivity index (χ0) is 12.2. The fraction of sp³-hybridized carbons (Fsp3) is 0.636. The third kappa shape index (κ3) is 4.14. The van der Waals surface area contributed by atoms with Gasteiger partial charge >= 0.3 is 6.18 Å². The van der Waals surface area contributed by atoms with Gasteiger partial charge in [0.15, 0.2) is 0 Å². The quantitative estimate of drug-likeness (QED) is 0.832. The van der Waals surface area contributed by atoms with Crippen LogP contribution in [0.15, 0.2) is 11.4 Å². The summed E-state index contributed by atoms with van der Waals surface area (Å²) in [5.41, 5.74) is 1.07. The van der Waals surface area contributed by atoms with Crippen LogP contribution in [0.25, 0.3) is 0 Å². The molecule has 0 fully saturated rings. The molecule has 0 aliphatic carbocycles. The second-order valence-corrected chi connectivity index (χ2v) is 4.68. The number of thiophene rings is 1. The molecule has 0 saturated heterocycles. The van der Waals surface area contributed by atoms with Crippen molar-refractivity contribution in [1.82, 2.24) is 5.32 Å². The highest BCUT2D eigenvalue weighted by atomic mass is 32.1. The zero-order valence-electron chi connectivity index (χ0n) is 9.40. The molecule has 0 aromatic carbocycles. The van der Waals surface area contributed by atoms with Crippen LogP contribution >= 0.6 is 11.3 Å². The molecule has 0 spiro atoms. The van der Waals surface area contributed by atoms with Crippen molar-refractivity contribution in [3.8, 4) is 0 Å². The highest BCUT2D eigenvalue weighted by molar-refractivity contribution is 7.10.